The first-order valence-electron chi connectivity index (χ1n) is 6.26. The molecular formula is C13H18N4O2. The van der Waals surface area contributed by atoms with Crippen LogP contribution >= 0.6 is 0 Å². The van der Waals surface area contributed by atoms with Crippen LogP contribution in [0.15, 0.2) is 18.2 Å². The molecule has 1 aromatic carbocycles. The van der Waals surface area contributed by atoms with Crippen molar-refractivity contribution in [2.24, 2.45) is 0 Å². The molecule has 0 fully saturated rings. The number of carboxylic acid groups (broad SMARTS) is 1. The maximum Gasteiger partial charge on any atom is 0.338 e. The molecule has 1 heterocycles. The summed E-state index contributed by atoms with van der Waals surface area (Å²) in [4.78, 5) is 13.3. The SMILES string of the molecule is CC(C)N(C)CCn1nnc2c(C(=O)O)cccc21. The zero-order valence-corrected chi connectivity index (χ0v) is 11.4. The van der Waals surface area contributed by atoms with E-state index in [1.165, 1.54) is 0 Å². The summed E-state index contributed by atoms with van der Waals surface area (Å²) in [5.74, 6) is -0.975. The summed E-state index contributed by atoms with van der Waals surface area (Å²) in [6.45, 7) is 5.78. The van der Waals surface area contributed by atoms with E-state index in [1.807, 2.05) is 13.1 Å². The highest BCUT2D eigenvalue weighted by atomic mass is 16.4. The van der Waals surface area contributed by atoms with Gasteiger partial charge in [-0.1, -0.05) is 11.3 Å². The summed E-state index contributed by atoms with van der Waals surface area (Å²) in [5, 5.41) is 17.1. The van der Waals surface area contributed by atoms with E-state index >= 15 is 0 Å². The second kappa shape index (κ2) is 5.36. The van der Waals surface area contributed by atoms with Crippen LogP contribution in [-0.4, -0.2) is 50.6 Å². The molecule has 1 N–H and O–H groups in total. The lowest BCUT2D eigenvalue weighted by Gasteiger charge is -2.20. The van der Waals surface area contributed by atoms with Crippen LogP contribution in [-0.2, 0) is 6.54 Å². The Bertz CT molecular complexity index is 591. The van der Waals surface area contributed by atoms with Gasteiger partial charge in [0.1, 0.15) is 5.52 Å². The number of likely N-dealkylation sites (N-methyl/N-ethyl adjacent to an activating group) is 1. The molecule has 0 spiro atoms. The monoisotopic (exact) mass is 262 g/mol. The number of carboxylic acids is 1. The molecule has 0 aliphatic rings. The first kappa shape index (κ1) is 13.5. The molecule has 2 aromatic rings. The Hall–Kier alpha value is -1.95. The second-order valence-corrected chi connectivity index (χ2v) is 4.87. The van der Waals surface area contributed by atoms with Crippen molar-refractivity contribution in [3.05, 3.63) is 23.8 Å². The van der Waals surface area contributed by atoms with Crippen LogP contribution in [0, 0.1) is 0 Å². The molecule has 0 unspecified atom stereocenters. The fourth-order valence-electron chi connectivity index (χ4n) is 1.84. The number of hydrogen-bond donors (Lipinski definition) is 1. The van der Waals surface area contributed by atoms with Gasteiger partial charge in [-0.2, -0.15) is 0 Å². The van der Waals surface area contributed by atoms with E-state index in [0.717, 1.165) is 12.1 Å². The smallest absolute Gasteiger partial charge is 0.338 e. The molecule has 6 heteroatoms. The van der Waals surface area contributed by atoms with Crippen molar-refractivity contribution >= 4 is 17.0 Å². The molecule has 0 aliphatic carbocycles. The number of rotatable bonds is 5. The first-order chi connectivity index (χ1) is 9.00. The van der Waals surface area contributed by atoms with Gasteiger partial charge in [-0.05, 0) is 33.0 Å². The highest BCUT2D eigenvalue weighted by Crippen LogP contribution is 2.16. The first-order valence-corrected chi connectivity index (χ1v) is 6.26. The summed E-state index contributed by atoms with van der Waals surface area (Å²) < 4.78 is 1.75. The van der Waals surface area contributed by atoms with E-state index in [2.05, 4.69) is 29.1 Å². The van der Waals surface area contributed by atoms with E-state index in [9.17, 15) is 4.79 Å². The molecule has 0 bridgehead atoms. The average molecular weight is 262 g/mol. The quantitative estimate of drug-likeness (QED) is 0.883. The van der Waals surface area contributed by atoms with E-state index < -0.39 is 5.97 Å². The van der Waals surface area contributed by atoms with Gasteiger partial charge in [-0.15, -0.1) is 5.10 Å². The Morgan fingerprint density at radius 1 is 1.47 bits per heavy atom. The Morgan fingerprint density at radius 3 is 2.84 bits per heavy atom. The number of aromatic nitrogens is 3. The van der Waals surface area contributed by atoms with E-state index in [0.29, 0.717) is 18.1 Å². The third kappa shape index (κ3) is 2.73. The number of aromatic carboxylic acids is 1. The molecule has 6 nitrogen and oxygen atoms in total. The summed E-state index contributed by atoms with van der Waals surface area (Å²) in [6.07, 6.45) is 0. The Balaban J connectivity index is 2.26. The molecule has 19 heavy (non-hydrogen) atoms. The third-order valence-corrected chi connectivity index (χ3v) is 3.32. The van der Waals surface area contributed by atoms with Gasteiger partial charge in [-0.3, -0.25) is 0 Å². The van der Waals surface area contributed by atoms with Crippen molar-refractivity contribution < 1.29 is 9.90 Å². The molecule has 102 valence electrons. The summed E-state index contributed by atoms with van der Waals surface area (Å²) in [6, 6.07) is 5.57. The third-order valence-electron chi connectivity index (χ3n) is 3.32. The van der Waals surface area contributed by atoms with E-state index in [1.54, 1.807) is 16.8 Å². The molecule has 0 radical (unpaired) electrons. The highest BCUT2D eigenvalue weighted by Gasteiger charge is 2.14. The van der Waals surface area contributed by atoms with Gasteiger partial charge in [0, 0.05) is 12.6 Å². The van der Waals surface area contributed by atoms with Crippen molar-refractivity contribution in [2.75, 3.05) is 13.6 Å². The number of hydrogen-bond acceptors (Lipinski definition) is 4. The lowest BCUT2D eigenvalue weighted by Crippen LogP contribution is -2.29. The van der Waals surface area contributed by atoms with Gasteiger partial charge in [0.25, 0.3) is 0 Å². The van der Waals surface area contributed by atoms with Crippen LogP contribution in [0.3, 0.4) is 0 Å². The van der Waals surface area contributed by atoms with Gasteiger partial charge in [0.2, 0.25) is 0 Å². The highest BCUT2D eigenvalue weighted by molar-refractivity contribution is 6.00. The van der Waals surface area contributed by atoms with E-state index in [-0.39, 0.29) is 5.56 Å². The molecular weight excluding hydrogens is 244 g/mol. The van der Waals surface area contributed by atoms with Crippen LogP contribution in [0.4, 0.5) is 0 Å². The van der Waals surface area contributed by atoms with Crippen molar-refractivity contribution in [3.8, 4) is 0 Å². The van der Waals surface area contributed by atoms with Crippen LogP contribution in [0.2, 0.25) is 0 Å². The Labute approximate surface area is 111 Å². The molecule has 0 saturated carbocycles. The normalized spacial score (nSPS) is 11.6. The Morgan fingerprint density at radius 2 is 2.21 bits per heavy atom. The molecule has 0 atom stereocenters. The fourth-order valence-corrected chi connectivity index (χ4v) is 1.84. The lowest BCUT2D eigenvalue weighted by atomic mass is 10.2. The second-order valence-electron chi connectivity index (χ2n) is 4.87. The molecule has 0 amide bonds. The van der Waals surface area contributed by atoms with Crippen LogP contribution < -0.4 is 0 Å². The molecule has 0 aliphatic heterocycles. The predicted octanol–water partition coefficient (Wildman–Crippen LogP) is 1.47. The zero-order valence-electron chi connectivity index (χ0n) is 11.4. The maximum atomic E-state index is 11.1. The molecule has 2 rings (SSSR count). The largest absolute Gasteiger partial charge is 0.478 e. The van der Waals surface area contributed by atoms with Gasteiger partial charge in [0.15, 0.2) is 0 Å². The molecule has 1 aromatic heterocycles. The van der Waals surface area contributed by atoms with Gasteiger partial charge in [0.05, 0.1) is 17.6 Å². The van der Waals surface area contributed by atoms with Crippen LogP contribution in [0.25, 0.3) is 11.0 Å². The van der Waals surface area contributed by atoms with Crippen LogP contribution in [0.5, 0.6) is 0 Å². The summed E-state index contributed by atoms with van der Waals surface area (Å²) in [7, 11) is 2.05. The van der Waals surface area contributed by atoms with Gasteiger partial charge >= 0.3 is 5.97 Å². The zero-order chi connectivity index (χ0) is 14.0. The standard InChI is InChI=1S/C13H18N4O2/c1-9(2)16(3)7-8-17-11-6-4-5-10(13(18)19)12(11)14-15-17/h4-6,9H,7-8H2,1-3H3,(H,18,19). The summed E-state index contributed by atoms with van der Waals surface area (Å²) >= 11 is 0. The number of fused-ring (bicyclic) bond motifs is 1. The minimum absolute atomic E-state index is 0.195. The summed E-state index contributed by atoms with van der Waals surface area (Å²) in [5.41, 5.74) is 1.40. The maximum absolute atomic E-state index is 11.1. The number of benzene rings is 1. The molecule has 0 saturated heterocycles. The van der Waals surface area contributed by atoms with Crippen molar-refractivity contribution in [1.82, 2.24) is 19.9 Å². The van der Waals surface area contributed by atoms with Gasteiger partial charge < -0.3 is 10.0 Å². The van der Waals surface area contributed by atoms with Gasteiger partial charge in [-0.25, -0.2) is 9.48 Å². The topological polar surface area (TPSA) is 71.2 Å². The lowest BCUT2D eigenvalue weighted by molar-refractivity contribution is 0.0699. The number of nitrogens with zero attached hydrogens (tertiary/aromatic N) is 4. The minimum atomic E-state index is -0.975. The van der Waals surface area contributed by atoms with E-state index in [4.69, 9.17) is 5.11 Å². The predicted molar refractivity (Wildman–Crippen MR) is 72.3 cm³/mol. The minimum Gasteiger partial charge on any atom is -0.478 e. The van der Waals surface area contributed by atoms with Crippen molar-refractivity contribution in [2.45, 2.75) is 26.4 Å². The van der Waals surface area contributed by atoms with Crippen molar-refractivity contribution in [3.63, 3.8) is 0 Å². The number of carbonyl (C=O) groups is 1. The average Bonchev–Trinajstić information content (AvgIpc) is 2.78. The van der Waals surface area contributed by atoms with Crippen molar-refractivity contribution in [1.29, 1.82) is 0 Å². The fraction of sp³-hybridized carbons (Fsp3) is 0.462. The van der Waals surface area contributed by atoms with Crippen LogP contribution in [0.1, 0.15) is 24.2 Å². The Kier molecular flexibility index (Phi) is 3.80.